The third kappa shape index (κ3) is 3.95. The average Bonchev–Trinajstić information content (AvgIpc) is 1.94. The monoisotopic (exact) mass is 414 g/mol. The van der Waals surface area contributed by atoms with E-state index >= 15 is 0 Å². The quantitative estimate of drug-likeness (QED) is 0.369. The Kier molecular flexibility index (Phi) is 6.61. The number of halogens is 3. The Labute approximate surface area is 123 Å². The van der Waals surface area contributed by atoms with E-state index in [2.05, 4.69) is 47.8 Å². The van der Waals surface area contributed by atoms with Gasteiger partial charge in [-0.2, -0.15) is 0 Å². The predicted molar refractivity (Wildman–Crippen MR) is 61.9 cm³/mol. The second-order valence-corrected chi connectivity index (χ2v) is 6.26. The molecule has 8 heteroatoms. The molecule has 0 atom stereocenters. The molecule has 0 saturated carbocycles. The number of hydrogen-bond acceptors (Lipinski definition) is 3. The Bertz CT molecular complexity index is 342. The van der Waals surface area contributed by atoms with E-state index in [1.807, 2.05) is 0 Å². The Balaban J connectivity index is 0.00000169. The Morgan fingerprint density at radius 1 is 1.00 bits per heavy atom. The predicted octanol–water partition coefficient (Wildman–Crippen LogP) is 0.0621. The number of hydrogen-bond donors (Lipinski definition) is 0. The summed E-state index contributed by atoms with van der Waals surface area (Å²) in [6.45, 7) is 0. The molecule has 0 aliphatic heterocycles. The van der Waals surface area contributed by atoms with Crippen LogP contribution in [0.3, 0.4) is 0 Å². The maximum absolute atomic E-state index is 10.8. The van der Waals surface area contributed by atoms with Crippen LogP contribution in [-0.4, -0.2) is 23.1 Å². The van der Waals surface area contributed by atoms with Crippen LogP contribution in [-0.2, 0) is 0 Å². The van der Waals surface area contributed by atoms with Gasteiger partial charge in [-0.15, -0.1) is 7.94 Å². The van der Waals surface area contributed by atoms with Gasteiger partial charge in [0.15, 0.2) is 0 Å². The van der Waals surface area contributed by atoms with Crippen molar-refractivity contribution in [2.24, 2.45) is 0 Å². The molecule has 14 heavy (non-hydrogen) atoms. The van der Waals surface area contributed by atoms with E-state index in [4.69, 9.17) is 0 Å². The van der Waals surface area contributed by atoms with Gasteiger partial charge in [-0.05, 0) is 44.0 Å². The zero-order valence-electron chi connectivity index (χ0n) is 6.67. The van der Waals surface area contributed by atoms with E-state index in [9.17, 15) is 14.7 Å². The molecule has 0 saturated heterocycles. The second kappa shape index (κ2) is 5.89. The van der Waals surface area contributed by atoms with Crippen molar-refractivity contribution in [2.45, 2.75) is 0 Å². The fourth-order valence-electron chi connectivity index (χ4n) is 0.742. The van der Waals surface area contributed by atoms with Gasteiger partial charge < -0.3 is 14.7 Å². The Morgan fingerprint density at radius 3 is 1.93 bits per heavy atom. The minimum atomic E-state index is -4.72. The van der Waals surface area contributed by atoms with Gasteiger partial charge in [-0.25, -0.2) is 0 Å². The summed E-state index contributed by atoms with van der Waals surface area (Å²) < 4.78 is 1.30. The number of benzene rings is 1. The van der Waals surface area contributed by atoms with Gasteiger partial charge in [0.2, 0.25) is 0 Å². The molecule has 0 fully saturated rings. The van der Waals surface area contributed by atoms with Crippen LogP contribution in [0.1, 0.15) is 0 Å². The zero-order valence-corrected chi connectivity index (χ0v) is 13.7. The van der Waals surface area contributed by atoms with Crippen molar-refractivity contribution in [2.75, 3.05) is 0 Å². The van der Waals surface area contributed by atoms with Crippen LogP contribution < -0.4 is 20.0 Å². The van der Waals surface area contributed by atoms with Gasteiger partial charge in [-0.3, -0.25) is 0 Å². The molecule has 0 aliphatic rings. The first-order valence-corrected chi connectivity index (χ1v) is 6.91. The molecule has 0 N–H and O–H groups in total. The standard InChI is InChI=1S/C6H4Br3O3P.Mg/c7-3-1-4(8)6(9)5(2-3)13(10,11)12;/h1-2H,(H2,10,11,12);/q;+2/p-2. The zero-order chi connectivity index (χ0) is 10.2. The molecule has 72 valence electrons. The van der Waals surface area contributed by atoms with Gasteiger partial charge in [0.1, 0.15) is 0 Å². The summed E-state index contributed by atoms with van der Waals surface area (Å²) in [4.78, 5) is 32.3. The molecular weight excluding hydrogens is 415 g/mol. The van der Waals surface area contributed by atoms with Crippen molar-refractivity contribution in [1.29, 1.82) is 0 Å². The Hall–Kier alpha value is 1.74. The van der Waals surface area contributed by atoms with Gasteiger partial charge in [0.25, 0.3) is 0 Å². The Morgan fingerprint density at radius 2 is 1.50 bits per heavy atom. The van der Waals surface area contributed by atoms with E-state index in [0.717, 1.165) is 0 Å². The minimum Gasteiger partial charge on any atom is -0.683 e. The molecule has 0 aromatic heterocycles. The largest absolute Gasteiger partial charge is 2.00 e. The van der Waals surface area contributed by atoms with Crippen molar-refractivity contribution in [3.63, 3.8) is 0 Å². The first kappa shape index (κ1) is 15.7. The van der Waals surface area contributed by atoms with Gasteiger partial charge in [0, 0.05) is 8.95 Å². The molecule has 0 heterocycles. The van der Waals surface area contributed by atoms with Gasteiger partial charge in [0.05, 0.1) is 9.78 Å². The molecule has 1 aromatic carbocycles. The van der Waals surface area contributed by atoms with Crippen molar-refractivity contribution < 1.29 is 14.7 Å². The van der Waals surface area contributed by atoms with Crippen LogP contribution in [0.25, 0.3) is 0 Å². The minimum absolute atomic E-state index is 0. The van der Waals surface area contributed by atoms with E-state index in [1.165, 1.54) is 6.07 Å². The summed E-state index contributed by atoms with van der Waals surface area (Å²) in [5.41, 5.74) is 0. The van der Waals surface area contributed by atoms with Gasteiger partial charge >= 0.3 is 23.1 Å². The van der Waals surface area contributed by atoms with Crippen molar-refractivity contribution >= 4 is 84.1 Å². The maximum Gasteiger partial charge on any atom is 2.00 e. The summed E-state index contributed by atoms with van der Waals surface area (Å²) >= 11 is 9.21. The molecule has 0 spiro atoms. The summed E-state index contributed by atoms with van der Waals surface area (Å²) in [5.74, 6) is 0. The summed E-state index contributed by atoms with van der Waals surface area (Å²) in [5, 5.41) is -0.256. The average molecular weight is 417 g/mol. The topological polar surface area (TPSA) is 69.2 Å². The van der Waals surface area contributed by atoms with Crippen molar-refractivity contribution in [3.05, 3.63) is 25.6 Å². The molecule has 0 bridgehead atoms. The second-order valence-electron chi connectivity index (χ2n) is 2.22. The fourth-order valence-corrected chi connectivity index (χ4v) is 3.84. The van der Waals surface area contributed by atoms with Crippen LogP contribution in [0.4, 0.5) is 0 Å². The maximum atomic E-state index is 10.8. The van der Waals surface area contributed by atoms with E-state index < -0.39 is 7.94 Å². The molecule has 0 radical (unpaired) electrons. The fraction of sp³-hybridized carbons (Fsp3) is 0. The van der Waals surface area contributed by atoms with E-state index in [1.54, 1.807) is 6.07 Å². The van der Waals surface area contributed by atoms with Crippen LogP contribution in [0, 0.1) is 0 Å². The molecule has 1 rings (SSSR count). The molecule has 1 aromatic rings. The summed E-state index contributed by atoms with van der Waals surface area (Å²) in [6.07, 6.45) is 0. The molecule has 0 amide bonds. The number of rotatable bonds is 1. The van der Waals surface area contributed by atoms with E-state index in [-0.39, 0.29) is 32.8 Å². The van der Waals surface area contributed by atoms with Crippen molar-refractivity contribution in [1.82, 2.24) is 0 Å². The van der Waals surface area contributed by atoms with Crippen LogP contribution in [0.15, 0.2) is 25.6 Å². The SMILES string of the molecule is [Mg+2].[O-][P+]([O-])([O-])c1cc(Br)cc(Br)c1Br. The third-order valence-corrected chi connectivity index (χ3v) is 4.99. The van der Waals surface area contributed by atoms with E-state index in [0.29, 0.717) is 8.95 Å². The summed E-state index contributed by atoms with van der Waals surface area (Å²) in [7, 11) is -4.72. The summed E-state index contributed by atoms with van der Waals surface area (Å²) in [6, 6.07) is 2.90. The van der Waals surface area contributed by atoms with Gasteiger partial charge in [-0.1, -0.05) is 15.9 Å². The molecule has 0 aliphatic carbocycles. The molecule has 3 nitrogen and oxygen atoms in total. The van der Waals surface area contributed by atoms with Crippen LogP contribution in [0.5, 0.6) is 0 Å². The third-order valence-electron chi connectivity index (χ3n) is 1.27. The van der Waals surface area contributed by atoms with Crippen LogP contribution >= 0.6 is 55.7 Å². The molecular formula is C6H2Br3MgO3P. The van der Waals surface area contributed by atoms with Crippen molar-refractivity contribution in [3.8, 4) is 0 Å². The van der Waals surface area contributed by atoms with Crippen LogP contribution in [0.2, 0.25) is 0 Å². The first-order valence-electron chi connectivity index (χ1n) is 2.99. The normalized spacial score (nSPS) is 11.0. The first-order chi connectivity index (χ1) is 5.82. The smallest absolute Gasteiger partial charge is 0.683 e. The molecule has 0 unspecified atom stereocenters.